The van der Waals surface area contributed by atoms with Crippen molar-refractivity contribution in [2.45, 2.75) is 38.1 Å². The number of ether oxygens (including phenoxy) is 1. The van der Waals surface area contributed by atoms with Gasteiger partial charge in [-0.1, -0.05) is 19.3 Å². The number of carbonyl (C=O) groups excluding carboxylic acids is 2. The first kappa shape index (κ1) is 16.7. The third-order valence-electron chi connectivity index (χ3n) is 4.52. The molecule has 1 aliphatic carbocycles. The number of carbonyl (C=O) groups is 2. The molecule has 1 aliphatic rings. The molecular weight excluding hydrogens is 328 g/mol. The van der Waals surface area contributed by atoms with E-state index >= 15 is 0 Å². The SMILES string of the molecule is COC(=O)[C@@H]1CCCCC[C@@H]1NC(=O)c1ccc2[nH]c(=S)oc2c1. The smallest absolute Gasteiger partial charge is 0.310 e. The molecule has 0 aliphatic heterocycles. The molecule has 2 atom stereocenters. The van der Waals surface area contributed by atoms with Crippen LogP contribution in [0.3, 0.4) is 0 Å². The van der Waals surface area contributed by atoms with Gasteiger partial charge in [0, 0.05) is 11.6 Å². The van der Waals surface area contributed by atoms with E-state index in [1.54, 1.807) is 18.2 Å². The summed E-state index contributed by atoms with van der Waals surface area (Å²) in [5.41, 5.74) is 1.77. The number of methoxy groups -OCH3 is 1. The zero-order valence-electron chi connectivity index (χ0n) is 13.5. The third kappa shape index (κ3) is 3.51. The Balaban J connectivity index is 1.79. The number of benzene rings is 1. The van der Waals surface area contributed by atoms with Crippen LogP contribution >= 0.6 is 12.2 Å². The van der Waals surface area contributed by atoms with Crippen LogP contribution in [0.1, 0.15) is 42.5 Å². The first-order valence-electron chi connectivity index (χ1n) is 8.10. The number of esters is 1. The Bertz CT molecular complexity index is 810. The maximum Gasteiger partial charge on any atom is 0.310 e. The highest BCUT2D eigenvalue weighted by Crippen LogP contribution is 2.25. The summed E-state index contributed by atoms with van der Waals surface area (Å²) in [4.78, 5) is 27.8. The lowest BCUT2D eigenvalue weighted by atomic mass is 9.94. The van der Waals surface area contributed by atoms with E-state index in [1.807, 2.05) is 0 Å². The molecule has 1 fully saturated rings. The Kier molecular flexibility index (Phi) is 4.99. The summed E-state index contributed by atoms with van der Waals surface area (Å²) in [6.07, 6.45) is 4.54. The van der Waals surface area contributed by atoms with Crippen molar-refractivity contribution >= 4 is 35.2 Å². The van der Waals surface area contributed by atoms with Gasteiger partial charge in [0.15, 0.2) is 5.58 Å². The molecule has 7 heteroatoms. The van der Waals surface area contributed by atoms with Crippen molar-refractivity contribution in [2.75, 3.05) is 7.11 Å². The monoisotopic (exact) mass is 348 g/mol. The van der Waals surface area contributed by atoms with Crippen molar-refractivity contribution in [3.63, 3.8) is 0 Å². The highest BCUT2D eigenvalue weighted by molar-refractivity contribution is 7.71. The van der Waals surface area contributed by atoms with E-state index in [0.717, 1.165) is 37.6 Å². The van der Waals surface area contributed by atoms with Crippen molar-refractivity contribution in [3.8, 4) is 0 Å². The number of hydrogen-bond acceptors (Lipinski definition) is 5. The molecule has 0 bridgehead atoms. The molecule has 1 aromatic carbocycles. The fourth-order valence-corrected chi connectivity index (χ4v) is 3.45. The van der Waals surface area contributed by atoms with Crippen molar-refractivity contribution < 1.29 is 18.7 Å². The number of nitrogens with one attached hydrogen (secondary N) is 2. The largest absolute Gasteiger partial charge is 0.469 e. The number of amides is 1. The lowest BCUT2D eigenvalue weighted by molar-refractivity contribution is -0.146. The highest BCUT2D eigenvalue weighted by atomic mass is 32.1. The predicted molar refractivity (Wildman–Crippen MR) is 91.2 cm³/mol. The Hall–Kier alpha value is -2.15. The number of hydrogen-bond donors (Lipinski definition) is 2. The second kappa shape index (κ2) is 7.17. The summed E-state index contributed by atoms with van der Waals surface area (Å²) >= 11 is 4.95. The Morgan fingerprint density at radius 2 is 2.08 bits per heavy atom. The normalized spacial score (nSPS) is 21.2. The Labute approximate surface area is 144 Å². The van der Waals surface area contributed by atoms with Crippen LogP contribution in [0.15, 0.2) is 22.6 Å². The van der Waals surface area contributed by atoms with E-state index in [4.69, 9.17) is 21.4 Å². The fourth-order valence-electron chi connectivity index (χ4n) is 3.25. The van der Waals surface area contributed by atoms with Gasteiger partial charge in [-0.25, -0.2) is 0 Å². The molecule has 2 N–H and O–H groups in total. The lowest BCUT2D eigenvalue weighted by Crippen LogP contribution is -2.43. The predicted octanol–water partition coefficient (Wildman–Crippen LogP) is 3.34. The maximum absolute atomic E-state index is 12.6. The van der Waals surface area contributed by atoms with E-state index < -0.39 is 0 Å². The maximum atomic E-state index is 12.6. The zero-order valence-corrected chi connectivity index (χ0v) is 14.3. The van der Waals surface area contributed by atoms with Crippen LogP contribution in [0.2, 0.25) is 0 Å². The number of rotatable bonds is 3. The van der Waals surface area contributed by atoms with Crippen molar-refractivity contribution in [1.82, 2.24) is 10.3 Å². The molecule has 0 saturated heterocycles. The third-order valence-corrected chi connectivity index (χ3v) is 4.70. The van der Waals surface area contributed by atoms with Gasteiger partial charge >= 0.3 is 5.97 Å². The number of oxazole rings is 1. The zero-order chi connectivity index (χ0) is 17.1. The number of aromatic amines is 1. The van der Waals surface area contributed by atoms with Crippen LogP contribution in [0.4, 0.5) is 0 Å². The van der Waals surface area contributed by atoms with E-state index in [9.17, 15) is 9.59 Å². The molecule has 1 aromatic heterocycles. The van der Waals surface area contributed by atoms with Crippen LogP contribution < -0.4 is 5.32 Å². The van der Waals surface area contributed by atoms with Crippen molar-refractivity contribution in [2.24, 2.45) is 5.92 Å². The van der Waals surface area contributed by atoms with E-state index in [1.165, 1.54) is 7.11 Å². The van der Waals surface area contributed by atoms with Gasteiger partial charge in [0.1, 0.15) is 0 Å². The van der Waals surface area contributed by atoms with E-state index in [0.29, 0.717) is 11.1 Å². The summed E-state index contributed by atoms with van der Waals surface area (Å²) < 4.78 is 10.3. The van der Waals surface area contributed by atoms with Gasteiger partial charge in [0.2, 0.25) is 0 Å². The molecule has 3 rings (SSSR count). The number of aromatic nitrogens is 1. The first-order valence-corrected chi connectivity index (χ1v) is 8.51. The molecule has 24 heavy (non-hydrogen) atoms. The Morgan fingerprint density at radius 1 is 1.29 bits per heavy atom. The summed E-state index contributed by atoms with van der Waals surface area (Å²) in [5.74, 6) is -0.768. The average Bonchev–Trinajstić information content (AvgIpc) is 2.79. The lowest BCUT2D eigenvalue weighted by Gasteiger charge is -2.24. The second-order valence-corrected chi connectivity index (χ2v) is 6.44. The summed E-state index contributed by atoms with van der Waals surface area (Å²) in [6, 6.07) is 4.92. The van der Waals surface area contributed by atoms with Crippen LogP contribution in [0, 0.1) is 10.8 Å². The van der Waals surface area contributed by atoms with Crippen LogP contribution in [0.25, 0.3) is 11.1 Å². The minimum Gasteiger partial charge on any atom is -0.469 e. The average molecular weight is 348 g/mol. The van der Waals surface area contributed by atoms with Gasteiger partial charge in [0.05, 0.1) is 18.5 Å². The molecule has 1 amide bonds. The Morgan fingerprint density at radius 3 is 2.88 bits per heavy atom. The quantitative estimate of drug-likeness (QED) is 0.505. The first-order chi connectivity index (χ1) is 11.6. The minimum atomic E-state index is -0.290. The fraction of sp³-hybridized carbons (Fsp3) is 0.471. The molecule has 128 valence electrons. The summed E-state index contributed by atoms with van der Waals surface area (Å²) in [7, 11) is 1.39. The standard InChI is InChI=1S/C17H20N2O4S/c1-22-16(21)11-5-3-2-4-6-12(11)18-15(20)10-7-8-13-14(9-10)23-17(24)19-13/h7-9,11-12H,2-6H2,1H3,(H,18,20)(H,19,24)/t11-,12+/m1/s1. The highest BCUT2D eigenvalue weighted by Gasteiger charge is 2.31. The van der Waals surface area contributed by atoms with Crippen LogP contribution in [-0.2, 0) is 9.53 Å². The van der Waals surface area contributed by atoms with Gasteiger partial charge in [-0.15, -0.1) is 0 Å². The molecule has 1 saturated carbocycles. The second-order valence-electron chi connectivity index (χ2n) is 6.07. The van der Waals surface area contributed by atoms with Crippen molar-refractivity contribution in [3.05, 3.63) is 28.6 Å². The molecule has 0 radical (unpaired) electrons. The minimum absolute atomic E-state index is 0.208. The molecule has 0 spiro atoms. The number of fused-ring (bicyclic) bond motifs is 1. The molecular formula is C17H20N2O4S. The molecule has 0 unspecified atom stereocenters. The van der Waals surface area contributed by atoms with Gasteiger partial charge in [0.25, 0.3) is 10.7 Å². The van der Waals surface area contributed by atoms with Crippen molar-refractivity contribution in [1.29, 1.82) is 0 Å². The van der Waals surface area contributed by atoms with Crippen LogP contribution in [-0.4, -0.2) is 30.0 Å². The topological polar surface area (TPSA) is 84.3 Å². The van der Waals surface area contributed by atoms with Gasteiger partial charge < -0.3 is 19.5 Å². The summed E-state index contributed by atoms with van der Waals surface area (Å²) in [5, 5.41) is 2.99. The molecule has 6 nitrogen and oxygen atoms in total. The van der Waals surface area contributed by atoms with Gasteiger partial charge in [-0.05, 0) is 43.3 Å². The van der Waals surface area contributed by atoms with Gasteiger partial charge in [-0.3, -0.25) is 9.59 Å². The molecule has 2 aromatic rings. The molecule has 1 heterocycles. The van der Waals surface area contributed by atoms with E-state index in [2.05, 4.69) is 10.3 Å². The summed E-state index contributed by atoms with van der Waals surface area (Å²) in [6.45, 7) is 0. The van der Waals surface area contributed by atoms with Crippen LogP contribution in [0.5, 0.6) is 0 Å². The number of H-pyrrole nitrogens is 1. The van der Waals surface area contributed by atoms with Gasteiger partial charge in [-0.2, -0.15) is 0 Å². The van der Waals surface area contributed by atoms with E-state index in [-0.39, 0.29) is 28.7 Å².